The van der Waals surface area contributed by atoms with Crippen molar-refractivity contribution in [2.24, 2.45) is 0 Å². The smallest absolute Gasteiger partial charge is 0.258 e. The van der Waals surface area contributed by atoms with E-state index in [4.69, 9.17) is 28.4 Å². The summed E-state index contributed by atoms with van der Waals surface area (Å²) in [6.07, 6.45) is 77.0. The molecule has 0 fully saturated rings. The van der Waals surface area contributed by atoms with Gasteiger partial charge in [0.2, 0.25) is 11.5 Å². The first kappa shape index (κ1) is 112. The lowest BCUT2D eigenvalue weighted by molar-refractivity contribution is -0.117. The van der Waals surface area contributed by atoms with Crippen LogP contribution in [-0.2, 0) is 9.59 Å². The van der Waals surface area contributed by atoms with Gasteiger partial charge in [-0.15, -0.1) is 90.7 Å². The van der Waals surface area contributed by atoms with E-state index in [1.54, 1.807) is 45.3 Å². The van der Waals surface area contributed by atoms with Gasteiger partial charge in [-0.1, -0.05) is 388 Å². The zero-order valence-corrected chi connectivity index (χ0v) is 93.3. The minimum Gasteiger partial charge on any atom is -0.490 e. The predicted octanol–water partition coefficient (Wildman–Crippen LogP) is 41.7. The van der Waals surface area contributed by atoms with Crippen LogP contribution in [0.15, 0.2) is 132 Å². The molecule has 10 nitrogen and oxygen atoms in total. The van der Waals surface area contributed by atoms with Crippen LogP contribution in [0.25, 0.3) is 90.8 Å². The number of benzene rings is 2. The van der Waals surface area contributed by atoms with Gasteiger partial charge >= 0.3 is 0 Å². The van der Waals surface area contributed by atoms with Crippen LogP contribution in [0.1, 0.15) is 437 Å². The molecule has 0 saturated heterocycles. The third-order valence-corrected chi connectivity index (χ3v) is 37.6. The Hall–Kier alpha value is -6.74. The molecule has 0 radical (unpaired) electrons. The Balaban J connectivity index is 0.692. The van der Waals surface area contributed by atoms with Crippen molar-refractivity contribution in [3.8, 4) is 114 Å². The molecule has 0 atom stereocenters. The molecule has 2 aliphatic heterocycles. The minimum absolute atomic E-state index is 0.262. The number of nitrogens with one attached hydrogen (secondary N) is 2. The zero-order valence-electron chi connectivity index (χ0n) is 86.7. The Bertz CT molecular complexity index is 4770. The van der Waals surface area contributed by atoms with E-state index in [0.29, 0.717) is 62.2 Å². The molecule has 0 aliphatic carbocycles. The molecule has 2 amide bonds. The Kier molecular flexibility index (Phi) is 53.1. The topological polar surface area (TPSA) is 114 Å². The molecule has 0 bridgehead atoms. The molecule has 766 valence electrons. The number of unbranched alkanes of at least 4 members (excludes halogenated alkanes) is 54. The molecule has 0 unspecified atom stereocenters. The third-order valence-electron chi connectivity index (χ3n) is 27.6. The summed E-state index contributed by atoms with van der Waals surface area (Å²) < 4.78 is 41.1. The first-order valence-corrected chi connectivity index (χ1v) is 62.8. The average Bonchev–Trinajstić information content (AvgIpc) is 1.58. The number of carbonyl (C=O) groups is 2. The molecular formula is C122H172N2O8S8. The largest absolute Gasteiger partial charge is 0.490 e. The summed E-state index contributed by atoms with van der Waals surface area (Å²) in [5.74, 6) is 4.23. The highest BCUT2D eigenvalue weighted by atomic mass is 32.1. The van der Waals surface area contributed by atoms with Gasteiger partial charge in [0.1, 0.15) is 0 Å². The molecule has 2 N–H and O–H groups in total. The lowest BCUT2D eigenvalue weighted by atomic mass is 10.1. The van der Waals surface area contributed by atoms with Crippen molar-refractivity contribution in [2.75, 3.05) is 39.6 Å². The Labute approximate surface area is 877 Å². The molecule has 10 heterocycles. The highest BCUT2D eigenvalue weighted by molar-refractivity contribution is 7.30. The maximum atomic E-state index is 14.2. The van der Waals surface area contributed by atoms with Gasteiger partial charge < -0.3 is 39.1 Å². The summed E-state index contributed by atoms with van der Waals surface area (Å²) in [5.41, 5.74) is 4.17. The number of rotatable bonds is 82. The van der Waals surface area contributed by atoms with E-state index < -0.39 is 0 Å². The molecule has 0 saturated carbocycles. The number of fused-ring (bicyclic) bond motifs is 1. The molecular weight excluding hydrogens is 1880 g/mol. The molecule has 8 aromatic heterocycles. The lowest BCUT2D eigenvalue weighted by Gasteiger charge is -2.19. The average molecular weight is 2050 g/mol. The second-order valence-corrected chi connectivity index (χ2v) is 48.2. The predicted molar refractivity (Wildman–Crippen MR) is 614 cm³/mol. The molecule has 2 aromatic carbocycles. The molecule has 0 spiro atoms. The van der Waals surface area contributed by atoms with Crippen LogP contribution in [0.3, 0.4) is 0 Å². The maximum absolute atomic E-state index is 14.2. The highest BCUT2D eigenvalue weighted by Gasteiger charge is 2.42. The van der Waals surface area contributed by atoms with Crippen molar-refractivity contribution in [3.05, 3.63) is 142 Å². The van der Waals surface area contributed by atoms with Crippen LogP contribution >= 0.6 is 90.7 Å². The van der Waals surface area contributed by atoms with Crippen LogP contribution in [0.2, 0.25) is 0 Å². The summed E-state index contributed by atoms with van der Waals surface area (Å²) in [7, 11) is 0. The molecule has 10 aromatic rings. The van der Waals surface area contributed by atoms with E-state index in [9.17, 15) is 9.59 Å². The third kappa shape index (κ3) is 37.6. The summed E-state index contributed by atoms with van der Waals surface area (Å²) in [4.78, 5) is 46.8. The van der Waals surface area contributed by atoms with Crippen LogP contribution in [-0.4, -0.2) is 51.5 Å². The maximum Gasteiger partial charge on any atom is 0.258 e. The van der Waals surface area contributed by atoms with Gasteiger partial charge in [0.25, 0.3) is 11.8 Å². The molecule has 140 heavy (non-hydrogen) atoms. The zero-order chi connectivity index (χ0) is 97.4. The lowest BCUT2D eigenvalue weighted by Crippen LogP contribution is -2.20. The molecule has 2 aliphatic rings. The summed E-state index contributed by atoms with van der Waals surface area (Å²) in [6, 6.07) is 44.3. The number of carbonyl (C=O) groups excluding carboxylic acids is 2. The molecule has 18 heteroatoms. The standard InChI is InChI=1S/C122H172N2O8S8/c1-7-13-19-25-31-37-43-49-55-61-83-127-95-89-93(90-96(128-84-62-56-50-44-38-32-26-20-14-8-2)119(95)131-87-65-59-53-47-41-35-29-23-17-11-5)99-67-69-101(133-99)103-71-73-105(135-103)107-75-77-109(137-107)111-79-81-113(139-111)117-115-116(122(126)123-117)118(124-121(115)125)114-82-80-112(140-114)110-78-76-108(138-110)106-74-72-104(136-106)102-70-68-100(134-102)94-91-97(129-85-63-57-51-45-39-33-27-21-15-9-3)120(132-88-66-60-54-48-42-36-30-24-18-12-6)98(92-94)130-86-64-58-52-46-40-34-28-22-16-10-4/h67-82,89-92H,7-66,83-88H2,1-6H3,(H,123,126)(H,124,125). The quantitative estimate of drug-likeness (QED) is 0.0363. The fraction of sp³-hybridized carbons (Fsp3) is 0.590. The van der Waals surface area contributed by atoms with Crippen molar-refractivity contribution >= 4 is 114 Å². The van der Waals surface area contributed by atoms with Gasteiger partial charge in [-0.05, 0) is 171 Å². The van der Waals surface area contributed by atoms with Crippen LogP contribution < -0.4 is 39.1 Å². The van der Waals surface area contributed by atoms with Crippen molar-refractivity contribution in [2.45, 2.75) is 427 Å². The van der Waals surface area contributed by atoms with Gasteiger partial charge in [0, 0.05) is 68.3 Å². The fourth-order valence-corrected chi connectivity index (χ4v) is 27.8. The minimum atomic E-state index is -0.262. The second-order valence-electron chi connectivity index (χ2n) is 39.5. The Morgan fingerprint density at radius 3 is 0.507 bits per heavy atom. The summed E-state index contributed by atoms with van der Waals surface area (Å²) in [6.45, 7) is 17.7. The Morgan fingerprint density at radius 2 is 0.321 bits per heavy atom. The number of amides is 2. The second kappa shape index (κ2) is 66.4. The van der Waals surface area contributed by atoms with Gasteiger partial charge in [0.05, 0.1) is 71.9 Å². The van der Waals surface area contributed by atoms with Crippen molar-refractivity contribution in [1.82, 2.24) is 10.6 Å². The highest BCUT2D eigenvalue weighted by Crippen LogP contribution is 2.52. The van der Waals surface area contributed by atoms with E-state index in [0.717, 1.165) is 113 Å². The van der Waals surface area contributed by atoms with Crippen molar-refractivity contribution < 1.29 is 38.0 Å². The van der Waals surface area contributed by atoms with E-state index in [1.165, 1.54) is 395 Å². The van der Waals surface area contributed by atoms with Crippen molar-refractivity contribution in [1.29, 1.82) is 0 Å². The number of thiophene rings is 8. The summed E-state index contributed by atoms with van der Waals surface area (Å²) >= 11 is 14.1. The number of hydrogen-bond acceptors (Lipinski definition) is 16. The Morgan fingerprint density at radius 1 is 0.179 bits per heavy atom. The van der Waals surface area contributed by atoms with E-state index >= 15 is 0 Å². The SMILES string of the molecule is CCCCCCCCCCCCOc1cc(-c2ccc(-c3ccc(-c4ccc(-c5ccc(C6=C7C(=O)NC(c8ccc(-c9ccc(-c%10ccc(-c%11ccc(-c%12cc(OCCCCCCCCCCCC)c(OCCCCCCCCCCCC)c(OCCCCCCCCCCCC)c%12)s%11)s%10)s9)s8)=C7C(=O)N6)s5)s4)s3)s2)cc(OCCCCCCCCCCCC)c1OCCCCCCCCCCCC. The number of ether oxygens (including phenoxy) is 6. The van der Waals surface area contributed by atoms with E-state index in [-0.39, 0.29) is 11.8 Å². The normalized spacial score (nSPS) is 12.6. The van der Waals surface area contributed by atoms with E-state index in [1.807, 2.05) is 57.5 Å². The van der Waals surface area contributed by atoms with Crippen LogP contribution in [0.4, 0.5) is 0 Å². The molecule has 12 rings (SSSR count). The van der Waals surface area contributed by atoms with Crippen molar-refractivity contribution in [3.63, 3.8) is 0 Å². The van der Waals surface area contributed by atoms with Crippen LogP contribution in [0.5, 0.6) is 34.5 Å². The van der Waals surface area contributed by atoms with Gasteiger partial charge in [0.15, 0.2) is 23.0 Å². The number of hydrogen-bond donors (Lipinski definition) is 2. The van der Waals surface area contributed by atoms with Gasteiger partial charge in [-0.25, -0.2) is 0 Å². The van der Waals surface area contributed by atoms with E-state index in [2.05, 4.69) is 161 Å². The fourth-order valence-electron chi connectivity index (χ4n) is 19.2. The first-order valence-electron chi connectivity index (χ1n) is 56.2. The van der Waals surface area contributed by atoms with Gasteiger partial charge in [-0.2, -0.15) is 0 Å². The van der Waals surface area contributed by atoms with Gasteiger partial charge in [-0.3, -0.25) is 9.59 Å². The summed E-state index contributed by atoms with van der Waals surface area (Å²) in [5, 5.41) is 6.32. The first-order chi connectivity index (χ1) is 69.1. The van der Waals surface area contributed by atoms with Crippen LogP contribution in [0, 0.1) is 0 Å². The monoisotopic (exact) mass is 2050 g/mol.